The number of carbonyl (C=O) groups is 1. The monoisotopic (exact) mass is 460 g/mol. The molecule has 3 aliphatic rings. The van der Waals surface area contributed by atoms with E-state index in [1.54, 1.807) is 6.07 Å². The molecular formula is C28H33FN4O. The van der Waals surface area contributed by atoms with Gasteiger partial charge >= 0.3 is 0 Å². The summed E-state index contributed by atoms with van der Waals surface area (Å²) in [5, 5.41) is 0. The maximum absolute atomic E-state index is 15.2. The summed E-state index contributed by atoms with van der Waals surface area (Å²) in [5.74, 6) is 0.305. The van der Waals surface area contributed by atoms with Crippen LogP contribution in [-0.4, -0.2) is 45.9 Å². The molecule has 0 N–H and O–H groups in total. The Morgan fingerprint density at radius 2 is 1.76 bits per heavy atom. The van der Waals surface area contributed by atoms with Gasteiger partial charge in [-0.2, -0.15) is 0 Å². The number of benzene rings is 1. The molecule has 3 fully saturated rings. The van der Waals surface area contributed by atoms with Crippen LogP contribution < -0.4 is 4.90 Å². The van der Waals surface area contributed by atoms with Gasteiger partial charge in [-0.3, -0.25) is 4.79 Å². The normalized spacial score (nSPS) is 21.3. The number of amides is 1. The minimum absolute atomic E-state index is 0.106. The molecule has 1 aliphatic carbocycles. The number of rotatable bonds is 4. The lowest BCUT2D eigenvalue weighted by Gasteiger charge is -2.27. The van der Waals surface area contributed by atoms with Gasteiger partial charge in [-0.15, -0.1) is 0 Å². The summed E-state index contributed by atoms with van der Waals surface area (Å²) in [7, 11) is 0. The maximum Gasteiger partial charge on any atom is 0.255 e. The van der Waals surface area contributed by atoms with E-state index < -0.39 is 0 Å². The zero-order valence-corrected chi connectivity index (χ0v) is 20.0. The third-order valence-corrected chi connectivity index (χ3v) is 7.86. The summed E-state index contributed by atoms with van der Waals surface area (Å²) in [4.78, 5) is 22.7. The topological polar surface area (TPSA) is 40.9 Å². The third-order valence-electron chi connectivity index (χ3n) is 7.86. The number of likely N-dealkylation sites (tertiary alicyclic amines) is 1. The number of imidazole rings is 1. The largest absolute Gasteiger partial charge is 0.371 e. The second-order valence-corrected chi connectivity index (χ2v) is 10.4. The number of pyridine rings is 1. The molecule has 2 saturated heterocycles. The van der Waals surface area contributed by atoms with Crippen molar-refractivity contribution in [3.05, 3.63) is 53.6 Å². The second-order valence-electron chi connectivity index (χ2n) is 10.4. The molecule has 3 aromatic rings. The average molecular weight is 461 g/mol. The molecule has 4 heterocycles. The van der Waals surface area contributed by atoms with Gasteiger partial charge in [-0.1, -0.05) is 12.8 Å². The van der Waals surface area contributed by atoms with Crippen molar-refractivity contribution in [1.29, 1.82) is 0 Å². The van der Waals surface area contributed by atoms with Crippen LogP contribution in [0.25, 0.3) is 16.9 Å². The molecular weight excluding hydrogens is 427 g/mol. The SMILES string of the molecule is CC1CCCCCN1C(=O)c1cc(C2CC2)c2nc(-c3ccc(N4CCCC4)cc3F)cn2c1. The number of halogens is 1. The maximum atomic E-state index is 15.2. The number of hydrogen-bond acceptors (Lipinski definition) is 3. The number of aromatic nitrogens is 2. The van der Waals surface area contributed by atoms with Gasteiger partial charge in [0.2, 0.25) is 0 Å². The lowest BCUT2D eigenvalue weighted by Crippen LogP contribution is -2.38. The molecule has 1 atom stereocenters. The summed E-state index contributed by atoms with van der Waals surface area (Å²) in [6.45, 7) is 4.96. The highest BCUT2D eigenvalue weighted by molar-refractivity contribution is 5.95. The van der Waals surface area contributed by atoms with Crippen LogP contribution in [0.4, 0.5) is 10.1 Å². The standard InChI is InChI=1S/C28H33FN4O/c1-19-7-3-2-4-14-33(19)28(34)21-15-24(20-8-9-20)27-30-26(18-32(27)17-21)23-11-10-22(16-25(23)29)31-12-5-6-13-31/h10-11,15-20H,2-9,12-14H2,1H3. The van der Waals surface area contributed by atoms with E-state index in [9.17, 15) is 4.79 Å². The van der Waals surface area contributed by atoms with Crippen molar-refractivity contribution in [3.8, 4) is 11.3 Å². The zero-order valence-electron chi connectivity index (χ0n) is 20.0. The Kier molecular flexibility index (Phi) is 5.54. The lowest BCUT2D eigenvalue weighted by molar-refractivity contribution is 0.0697. The van der Waals surface area contributed by atoms with Crippen molar-refractivity contribution in [1.82, 2.24) is 14.3 Å². The Morgan fingerprint density at radius 1 is 0.971 bits per heavy atom. The first-order valence-electron chi connectivity index (χ1n) is 13.0. The summed E-state index contributed by atoms with van der Waals surface area (Å²) in [6.07, 6.45) is 12.8. The Hall–Kier alpha value is -2.89. The molecule has 2 aromatic heterocycles. The Bertz CT molecular complexity index is 1220. The highest BCUT2D eigenvalue weighted by Crippen LogP contribution is 2.43. The van der Waals surface area contributed by atoms with Crippen molar-refractivity contribution in [2.45, 2.75) is 70.3 Å². The van der Waals surface area contributed by atoms with Crippen LogP contribution in [0, 0.1) is 5.82 Å². The van der Waals surface area contributed by atoms with E-state index in [1.807, 2.05) is 33.8 Å². The van der Waals surface area contributed by atoms with Crippen LogP contribution in [0.2, 0.25) is 0 Å². The van der Waals surface area contributed by atoms with Gasteiger partial charge in [0.15, 0.2) is 0 Å². The molecule has 1 saturated carbocycles. The van der Waals surface area contributed by atoms with E-state index >= 15 is 4.39 Å². The lowest BCUT2D eigenvalue weighted by atomic mass is 10.1. The third kappa shape index (κ3) is 3.97. The fourth-order valence-electron chi connectivity index (χ4n) is 5.69. The van der Waals surface area contributed by atoms with Crippen LogP contribution in [0.5, 0.6) is 0 Å². The number of carbonyl (C=O) groups excluding carboxylic acids is 1. The number of hydrogen-bond donors (Lipinski definition) is 0. The Morgan fingerprint density at radius 3 is 2.53 bits per heavy atom. The van der Waals surface area contributed by atoms with Gasteiger partial charge in [0.05, 0.1) is 11.3 Å². The first-order valence-corrected chi connectivity index (χ1v) is 13.0. The van der Waals surface area contributed by atoms with Crippen molar-refractivity contribution >= 4 is 17.2 Å². The highest BCUT2D eigenvalue weighted by atomic mass is 19.1. The van der Waals surface area contributed by atoms with Crippen molar-refractivity contribution in [3.63, 3.8) is 0 Å². The van der Waals surface area contributed by atoms with Gasteiger partial charge in [0.1, 0.15) is 11.5 Å². The van der Waals surface area contributed by atoms with Crippen LogP contribution in [0.3, 0.4) is 0 Å². The van der Waals surface area contributed by atoms with E-state index in [-0.39, 0.29) is 17.8 Å². The predicted octanol–water partition coefficient (Wildman–Crippen LogP) is 6.02. The fraction of sp³-hybridized carbons (Fsp3) is 0.500. The molecule has 178 valence electrons. The van der Waals surface area contributed by atoms with Crippen molar-refractivity contribution in [2.75, 3.05) is 24.5 Å². The molecule has 5 nitrogen and oxygen atoms in total. The molecule has 2 aliphatic heterocycles. The summed E-state index contributed by atoms with van der Waals surface area (Å²) >= 11 is 0. The molecule has 0 spiro atoms. The molecule has 6 rings (SSSR count). The van der Waals surface area contributed by atoms with Crippen molar-refractivity contribution in [2.24, 2.45) is 0 Å². The van der Waals surface area contributed by atoms with E-state index in [0.717, 1.165) is 80.6 Å². The predicted molar refractivity (Wildman–Crippen MR) is 133 cm³/mol. The summed E-state index contributed by atoms with van der Waals surface area (Å²) < 4.78 is 17.1. The molecule has 0 radical (unpaired) electrons. The first-order chi connectivity index (χ1) is 16.6. The van der Waals surface area contributed by atoms with E-state index in [0.29, 0.717) is 17.2 Å². The molecule has 6 heteroatoms. The number of fused-ring (bicyclic) bond motifs is 1. The number of nitrogens with zero attached hydrogens (tertiary/aromatic N) is 4. The first kappa shape index (κ1) is 21.6. The molecule has 1 aromatic carbocycles. The van der Waals surface area contributed by atoms with Gasteiger partial charge in [-0.25, -0.2) is 9.37 Å². The Balaban J connectivity index is 1.37. The summed E-state index contributed by atoms with van der Waals surface area (Å²) in [6, 6.07) is 7.81. The van der Waals surface area contributed by atoms with Gasteiger partial charge < -0.3 is 14.2 Å². The average Bonchev–Trinajstić information content (AvgIpc) is 3.43. The van der Waals surface area contributed by atoms with Crippen LogP contribution in [0.1, 0.15) is 80.1 Å². The quantitative estimate of drug-likeness (QED) is 0.478. The van der Waals surface area contributed by atoms with E-state index in [2.05, 4.69) is 17.9 Å². The molecule has 1 unspecified atom stereocenters. The van der Waals surface area contributed by atoms with E-state index in [4.69, 9.17) is 4.98 Å². The molecule has 0 bridgehead atoms. The second kappa shape index (κ2) is 8.71. The molecule has 1 amide bonds. The van der Waals surface area contributed by atoms with Gasteiger partial charge in [-0.05, 0) is 81.2 Å². The van der Waals surface area contributed by atoms with Crippen LogP contribution >= 0.6 is 0 Å². The van der Waals surface area contributed by atoms with Gasteiger partial charge in [0, 0.05) is 49.3 Å². The zero-order chi connectivity index (χ0) is 23.2. The molecule has 34 heavy (non-hydrogen) atoms. The number of anilines is 1. The minimum Gasteiger partial charge on any atom is -0.371 e. The highest BCUT2D eigenvalue weighted by Gasteiger charge is 2.30. The smallest absolute Gasteiger partial charge is 0.255 e. The van der Waals surface area contributed by atoms with E-state index in [1.165, 1.54) is 12.8 Å². The Labute approximate surface area is 200 Å². The van der Waals surface area contributed by atoms with Crippen LogP contribution in [0.15, 0.2) is 36.7 Å². The van der Waals surface area contributed by atoms with Gasteiger partial charge in [0.25, 0.3) is 5.91 Å². The fourth-order valence-corrected chi connectivity index (χ4v) is 5.69. The van der Waals surface area contributed by atoms with Crippen LogP contribution in [-0.2, 0) is 0 Å². The summed E-state index contributed by atoms with van der Waals surface area (Å²) in [5.41, 5.74) is 4.77. The minimum atomic E-state index is -0.240. The van der Waals surface area contributed by atoms with Crippen molar-refractivity contribution < 1.29 is 9.18 Å².